The first-order valence-corrected chi connectivity index (χ1v) is 4.72. The van der Waals surface area contributed by atoms with Crippen LogP contribution in [0, 0.1) is 0 Å². The number of nitrogens with two attached hydrogens (primary N) is 2. The van der Waals surface area contributed by atoms with Gasteiger partial charge in [-0.05, 0) is 18.2 Å². The van der Waals surface area contributed by atoms with Crippen LogP contribution in [0.2, 0.25) is 5.02 Å². The molecule has 0 aliphatic heterocycles. The Bertz CT molecular complexity index is 551. The van der Waals surface area contributed by atoms with Crippen LogP contribution in [0.25, 0.3) is 5.69 Å². The van der Waals surface area contributed by atoms with Crippen LogP contribution < -0.4 is 11.5 Å². The molecule has 0 saturated carbocycles. The van der Waals surface area contributed by atoms with Gasteiger partial charge in [-0.2, -0.15) is 0 Å². The number of benzene rings is 1. The van der Waals surface area contributed by atoms with E-state index in [1.165, 1.54) is 17.1 Å². The van der Waals surface area contributed by atoms with E-state index in [2.05, 4.69) is 10.1 Å². The molecule has 1 aromatic heterocycles. The molecule has 0 radical (unpaired) electrons. The average molecular weight is 238 g/mol. The third kappa shape index (κ3) is 1.82. The van der Waals surface area contributed by atoms with Gasteiger partial charge < -0.3 is 11.5 Å². The van der Waals surface area contributed by atoms with Gasteiger partial charge in [-0.25, -0.2) is 9.67 Å². The first-order chi connectivity index (χ1) is 7.58. The topological polar surface area (TPSA) is 99.8 Å². The Balaban J connectivity index is 2.60. The van der Waals surface area contributed by atoms with Crippen molar-refractivity contribution in [2.24, 2.45) is 5.73 Å². The van der Waals surface area contributed by atoms with E-state index in [4.69, 9.17) is 23.1 Å². The molecule has 0 unspecified atom stereocenters. The normalized spacial score (nSPS) is 10.3. The summed E-state index contributed by atoms with van der Waals surface area (Å²) in [5.74, 6) is -0.475. The van der Waals surface area contributed by atoms with Gasteiger partial charge in [0.1, 0.15) is 6.33 Å². The molecule has 16 heavy (non-hydrogen) atoms. The van der Waals surface area contributed by atoms with Crippen molar-refractivity contribution in [2.75, 3.05) is 5.73 Å². The van der Waals surface area contributed by atoms with Gasteiger partial charge in [-0.15, -0.1) is 5.10 Å². The van der Waals surface area contributed by atoms with Crippen LogP contribution in [0.3, 0.4) is 0 Å². The van der Waals surface area contributed by atoms with E-state index < -0.39 is 5.91 Å². The zero-order chi connectivity index (χ0) is 11.7. The molecule has 82 valence electrons. The number of primary amides is 1. The van der Waals surface area contributed by atoms with E-state index >= 15 is 0 Å². The maximum absolute atomic E-state index is 11.2. The molecule has 0 bridgehead atoms. The van der Waals surface area contributed by atoms with Crippen molar-refractivity contribution in [2.45, 2.75) is 0 Å². The van der Waals surface area contributed by atoms with E-state index in [-0.39, 0.29) is 11.5 Å². The molecule has 4 N–H and O–H groups in total. The second-order valence-electron chi connectivity index (χ2n) is 3.07. The zero-order valence-electron chi connectivity index (χ0n) is 8.09. The lowest BCUT2D eigenvalue weighted by Crippen LogP contribution is -2.15. The number of halogens is 1. The Morgan fingerprint density at radius 2 is 2.19 bits per heavy atom. The fourth-order valence-corrected chi connectivity index (χ4v) is 1.47. The molecule has 0 saturated heterocycles. The number of anilines is 1. The van der Waals surface area contributed by atoms with Crippen molar-refractivity contribution in [3.63, 3.8) is 0 Å². The maximum Gasteiger partial charge on any atom is 0.250 e. The van der Waals surface area contributed by atoms with Crippen LogP contribution in [-0.4, -0.2) is 20.7 Å². The van der Waals surface area contributed by atoms with E-state index in [0.717, 1.165) is 0 Å². The van der Waals surface area contributed by atoms with Crippen LogP contribution in [0.4, 0.5) is 5.95 Å². The Labute approximate surface area is 95.8 Å². The lowest BCUT2D eigenvalue weighted by Gasteiger charge is -2.05. The second kappa shape index (κ2) is 3.82. The van der Waals surface area contributed by atoms with Crippen molar-refractivity contribution in [1.29, 1.82) is 0 Å². The number of rotatable bonds is 2. The summed E-state index contributed by atoms with van der Waals surface area (Å²) in [5.41, 5.74) is 11.4. The van der Waals surface area contributed by atoms with Crippen LogP contribution in [-0.2, 0) is 0 Å². The minimum atomic E-state index is -0.591. The third-order valence-corrected chi connectivity index (χ3v) is 2.22. The van der Waals surface area contributed by atoms with Crippen molar-refractivity contribution in [3.8, 4) is 5.69 Å². The summed E-state index contributed by atoms with van der Waals surface area (Å²) in [7, 11) is 0. The highest BCUT2D eigenvalue weighted by atomic mass is 35.5. The third-order valence-electron chi connectivity index (χ3n) is 1.98. The fourth-order valence-electron chi connectivity index (χ4n) is 1.30. The van der Waals surface area contributed by atoms with Gasteiger partial charge in [0.25, 0.3) is 5.91 Å². The highest BCUT2D eigenvalue weighted by Crippen LogP contribution is 2.18. The molecule has 0 aliphatic carbocycles. The van der Waals surface area contributed by atoms with Crippen molar-refractivity contribution in [1.82, 2.24) is 14.8 Å². The summed E-state index contributed by atoms with van der Waals surface area (Å²) in [5, 5.41) is 4.31. The largest absolute Gasteiger partial charge is 0.366 e. The molecule has 0 fully saturated rings. The highest BCUT2D eigenvalue weighted by Gasteiger charge is 2.11. The maximum atomic E-state index is 11.2. The second-order valence-corrected chi connectivity index (χ2v) is 3.51. The number of hydrogen-bond acceptors (Lipinski definition) is 4. The van der Waals surface area contributed by atoms with Crippen LogP contribution in [0.15, 0.2) is 24.5 Å². The van der Waals surface area contributed by atoms with E-state index in [1.54, 1.807) is 12.1 Å². The first kappa shape index (κ1) is 10.4. The molecule has 0 atom stereocenters. The molecule has 1 amide bonds. The molecule has 7 heteroatoms. The summed E-state index contributed by atoms with van der Waals surface area (Å²) in [6, 6.07) is 4.72. The summed E-state index contributed by atoms with van der Waals surface area (Å²) in [4.78, 5) is 15.0. The SMILES string of the molecule is NC(=O)c1cc(Cl)ccc1-n1cnc(N)n1. The molecular weight excluding hydrogens is 230 g/mol. The van der Waals surface area contributed by atoms with Gasteiger partial charge in [-0.3, -0.25) is 4.79 Å². The molecule has 1 heterocycles. The number of nitrogens with zero attached hydrogens (tertiary/aromatic N) is 3. The van der Waals surface area contributed by atoms with Crippen molar-refractivity contribution >= 4 is 23.5 Å². The monoisotopic (exact) mass is 237 g/mol. The summed E-state index contributed by atoms with van der Waals surface area (Å²) in [6.45, 7) is 0. The summed E-state index contributed by atoms with van der Waals surface area (Å²) < 4.78 is 1.37. The fraction of sp³-hybridized carbons (Fsp3) is 0. The molecule has 0 spiro atoms. The highest BCUT2D eigenvalue weighted by molar-refractivity contribution is 6.31. The minimum absolute atomic E-state index is 0.116. The van der Waals surface area contributed by atoms with Crippen LogP contribution in [0.5, 0.6) is 0 Å². The molecule has 1 aromatic carbocycles. The number of amides is 1. The van der Waals surface area contributed by atoms with Gasteiger partial charge in [0, 0.05) is 5.02 Å². The molecule has 2 aromatic rings. The predicted molar refractivity (Wildman–Crippen MR) is 59.3 cm³/mol. The van der Waals surface area contributed by atoms with Gasteiger partial charge in [0.15, 0.2) is 0 Å². The standard InChI is InChI=1S/C9H8ClN5O/c10-5-1-2-7(6(3-5)8(11)16)15-4-13-9(12)14-15/h1-4H,(H2,11,16)(H2,12,14). The molecular formula is C9H8ClN5O. The van der Waals surface area contributed by atoms with Crippen LogP contribution in [0.1, 0.15) is 10.4 Å². The van der Waals surface area contributed by atoms with Gasteiger partial charge >= 0.3 is 0 Å². The van der Waals surface area contributed by atoms with E-state index in [1.807, 2.05) is 0 Å². The van der Waals surface area contributed by atoms with Crippen molar-refractivity contribution < 1.29 is 4.79 Å². The Morgan fingerprint density at radius 1 is 1.44 bits per heavy atom. The lowest BCUT2D eigenvalue weighted by molar-refractivity contribution is 0.1000. The minimum Gasteiger partial charge on any atom is -0.366 e. The Morgan fingerprint density at radius 3 is 2.75 bits per heavy atom. The summed E-state index contributed by atoms with van der Waals surface area (Å²) in [6.07, 6.45) is 1.39. The Hall–Kier alpha value is -2.08. The zero-order valence-corrected chi connectivity index (χ0v) is 8.85. The first-order valence-electron chi connectivity index (χ1n) is 4.35. The predicted octanol–water partition coefficient (Wildman–Crippen LogP) is 0.602. The summed E-state index contributed by atoms with van der Waals surface area (Å²) >= 11 is 5.78. The van der Waals surface area contributed by atoms with Gasteiger partial charge in [0.2, 0.25) is 5.95 Å². The average Bonchev–Trinajstić information content (AvgIpc) is 2.64. The smallest absolute Gasteiger partial charge is 0.250 e. The van der Waals surface area contributed by atoms with Gasteiger partial charge in [-0.1, -0.05) is 11.6 Å². The number of nitrogen functional groups attached to an aromatic ring is 1. The van der Waals surface area contributed by atoms with E-state index in [9.17, 15) is 4.79 Å². The van der Waals surface area contributed by atoms with Gasteiger partial charge in [0.05, 0.1) is 11.3 Å². The lowest BCUT2D eigenvalue weighted by atomic mass is 10.1. The van der Waals surface area contributed by atoms with Crippen molar-refractivity contribution in [3.05, 3.63) is 35.1 Å². The number of aromatic nitrogens is 3. The molecule has 0 aliphatic rings. The van der Waals surface area contributed by atoms with Crippen LogP contribution >= 0.6 is 11.6 Å². The molecule has 6 nitrogen and oxygen atoms in total. The number of carbonyl (C=O) groups excluding carboxylic acids is 1. The number of carbonyl (C=O) groups is 1. The van der Waals surface area contributed by atoms with E-state index in [0.29, 0.717) is 10.7 Å². The Kier molecular flexibility index (Phi) is 2.49. The quantitative estimate of drug-likeness (QED) is 0.799. The number of hydrogen-bond donors (Lipinski definition) is 2. The molecule has 2 rings (SSSR count).